The Balaban J connectivity index is 1.99. The highest BCUT2D eigenvalue weighted by Crippen LogP contribution is 2.11. The lowest BCUT2D eigenvalue weighted by Gasteiger charge is -2.01. The predicted octanol–water partition coefficient (Wildman–Crippen LogP) is 3.15. The highest BCUT2D eigenvalue weighted by Gasteiger charge is 2.15. The Morgan fingerprint density at radius 2 is 1.80 bits per heavy atom. The van der Waals surface area contributed by atoms with Gasteiger partial charge in [-0.25, -0.2) is 4.39 Å². The molecule has 0 aliphatic rings. The van der Waals surface area contributed by atoms with Crippen LogP contribution in [0.3, 0.4) is 0 Å². The van der Waals surface area contributed by atoms with Crippen LogP contribution in [0.15, 0.2) is 66.9 Å². The van der Waals surface area contributed by atoms with Crippen molar-refractivity contribution in [3.8, 4) is 0 Å². The van der Waals surface area contributed by atoms with Crippen molar-refractivity contribution in [2.75, 3.05) is 0 Å². The largest absolute Gasteiger partial charge is 0.287 e. The molecule has 3 heteroatoms. The summed E-state index contributed by atoms with van der Waals surface area (Å²) in [7, 11) is 0. The SMILES string of the molecule is O=C(C[n+]1cccc2ccc(F)cc21)c1ccccc1. The maximum absolute atomic E-state index is 13.4. The molecular weight excluding hydrogens is 253 g/mol. The number of hydrogen-bond donors (Lipinski definition) is 0. The van der Waals surface area contributed by atoms with Crippen molar-refractivity contribution in [1.82, 2.24) is 0 Å². The smallest absolute Gasteiger partial charge is 0.227 e. The van der Waals surface area contributed by atoms with Crippen LogP contribution in [0.1, 0.15) is 10.4 Å². The van der Waals surface area contributed by atoms with Crippen LogP contribution < -0.4 is 4.57 Å². The second-order valence-electron chi connectivity index (χ2n) is 4.63. The molecule has 0 aliphatic carbocycles. The fraction of sp³-hybridized carbons (Fsp3) is 0.0588. The van der Waals surface area contributed by atoms with Crippen LogP contribution in [0.2, 0.25) is 0 Å². The monoisotopic (exact) mass is 266 g/mol. The van der Waals surface area contributed by atoms with Crippen molar-refractivity contribution in [2.24, 2.45) is 0 Å². The molecule has 0 fully saturated rings. The standard InChI is InChI=1S/C17H13FNO/c18-15-9-8-13-7-4-10-19(16(13)11-15)12-17(20)14-5-2-1-3-6-14/h1-11H,12H2/q+1. The number of hydrogen-bond acceptors (Lipinski definition) is 1. The van der Waals surface area contributed by atoms with E-state index in [9.17, 15) is 9.18 Å². The molecule has 2 nitrogen and oxygen atoms in total. The first-order valence-corrected chi connectivity index (χ1v) is 6.40. The Morgan fingerprint density at radius 1 is 1.00 bits per heavy atom. The van der Waals surface area contributed by atoms with Gasteiger partial charge in [0, 0.05) is 23.1 Å². The number of Topliss-reactive ketones (excluding diaryl/α,β-unsaturated/α-hetero) is 1. The van der Waals surface area contributed by atoms with Crippen LogP contribution in [-0.2, 0) is 6.54 Å². The van der Waals surface area contributed by atoms with Crippen molar-refractivity contribution in [1.29, 1.82) is 0 Å². The molecule has 3 aromatic rings. The summed E-state index contributed by atoms with van der Waals surface area (Å²) >= 11 is 0. The number of ketones is 1. The fourth-order valence-electron chi connectivity index (χ4n) is 2.25. The van der Waals surface area contributed by atoms with Gasteiger partial charge in [0.1, 0.15) is 5.82 Å². The molecule has 0 amide bonds. The minimum Gasteiger partial charge on any atom is -0.287 e. The maximum Gasteiger partial charge on any atom is 0.227 e. The van der Waals surface area contributed by atoms with Crippen LogP contribution in [0, 0.1) is 5.82 Å². The minimum atomic E-state index is -0.301. The molecule has 0 bridgehead atoms. The summed E-state index contributed by atoms with van der Waals surface area (Å²) in [5.41, 5.74) is 1.38. The molecule has 0 saturated heterocycles. The molecule has 0 radical (unpaired) electrons. The first-order valence-electron chi connectivity index (χ1n) is 6.40. The quantitative estimate of drug-likeness (QED) is 0.527. The fourth-order valence-corrected chi connectivity index (χ4v) is 2.25. The van der Waals surface area contributed by atoms with Gasteiger partial charge >= 0.3 is 0 Å². The highest BCUT2D eigenvalue weighted by atomic mass is 19.1. The zero-order chi connectivity index (χ0) is 13.9. The van der Waals surface area contributed by atoms with Crippen LogP contribution in [-0.4, -0.2) is 5.78 Å². The summed E-state index contributed by atoms with van der Waals surface area (Å²) in [6.45, 7) is 0.199. The van der Waals surface area contributed by atoms with E-state index in [1.807, 2.05) is 30.3 Å². The van der Waals surface area contributed by atoms with E-state index in [1.54, 1.807) is 29.0 Å². The lowest BCUT2D eigenvalue weighted by molar-refractivity contribution is -0.657. The Morgan fingerprint density at radius 3 is 2.60 bits per heavy atom. The molecule has 3 rings (SSSR count). The van der Waals surface area contributed by atoms with Crippen molar-refractivity contribution in [2.45, 2.75) is 6.54 Å². The third kappa shape index (κ3) is 2.43. The third-order valence-corrected chi connectivity index (χ3v) is 3.25. The normalized spacial score (nSPS) is 10.7. The Hall–Kier alpha value is -2.55. The van der Waals surface area contributed by atoms with Gasteiger partial charge in [-0.2, -0.15) is 4.57 Å². The molecule has 1 heterocycles. The predicted molar refractivity (Wildman–Crippen MR) is 74.9 cm³/mol. The van der Waals surface area contributed by atoms with E-state index in [0.717, 1.165) is 10.9 Å². The molecule has 1 aromatic heterocycles. The topological polar surface area (TPSA) is 20.9 Å². The minimum absolute atomic E-state index is 0.00682. The first-order chi connectivity index (χ1) is 9.74. The van der Waals surface area contributed by atoms with Crippen molar-refractivity contribution < 1.29 is 13.8 Å². The summed E-state index contributed by atoms with van der Waals surface area (Å²) in [6, 6.07) is 17.5. The Bertz CT molecular complexity index is 768. The number of carbonyl (C=O) groups is 1. The van der Waals surface area contributed by atoms with Gasteiger partial charge in [-0.05, 0) is 18.2 Å². The summed E-state index contributed by atoms with van der Waals surface area (Å²) in [6.07, 6.45) is 1.79. The lowest BCUT2D eigenvalue weighted by atomic mass is 10.1. The number of benzene rings is 2. The average molecular weight is 266 g/mol. The van der Waals surface area contributed by atoms with Gasteiger partial charge < -0.3 is 0 Å². The number of fused-ring (bicyclic) bond motifs is 1. The molecule has 0 aliphatic heterocycles. The van der Waals surface area contributed by atoms with E-state index >= 15 is 0 Å². The number of nitrogens with zero attached hydrogens (tertiary/aromatic N) is 1. The van der Waals surface area contributed by atoms with Gasteiger partial charge in [0.05, 0.1) is 0 Å². The maximum atomic E-state index is 13.4. The number of carbonyl (C=O) groups excluding carboxylic acids is 1. The van der Waals surface area contributed by atoms with Crippen LogP contribution in [0.4, 0.5) is 4.39 Å². The van der Waals surface area contributed by atoms with E-state index < -0.39 is 0 Å². The average Bonchev–Trinajstić information content (AvgIpc) is 2.49. The van der Waals surface area contributed by atoms with Crippen molar-refractivity contribution in [3.05, 3.63) is 78.2 Å². The van der Waals surface area contributed by atoms with Gasteiger partial charge in [0.15, 0.2) is 6.20 Å². The van der Waals surface area contributed by atoms with Gasteiger partial charge in [-0.3, -0.25) is 4.79 Å². The van der Waals surface area contributed by atoms with Gasteiger partial charge in [0.2, 0.25) is 17.8 Å². The van der Waals surface area contributed by atoms with Gasteiger partial charge in [-0.1, -0.05) is 30.3 Å². The zero-order valence-electron chi connectivity index (χ0n) is 10.8. The molecule has 2 aromatic carbocycles. The van der Waals surface area contributed by atoms with E-state index in [4.69, 9.17) is 0 Å². The van der Waals surface area contributed by atoms with Crippen LogP contribution >= 0.6 is 0 Å². The molecule has 20 heavy (non-hydrogen) atoms. The van der Waals surface area contributed by atoms with Gasteiger partial charge in [-0.15, -0.1) is 0 Å². The summed E-state index contributed by atoms with van der Waals surface area (Å²) in [4.78, 5) is 12.2. The lowest BCUT2D eigenvalue weighted by Crippen LogP contribution is -2.38. The van der Waals surface area contributed by atoms with E-state index in [2.05, 4.69) is 0 Å². The molecule has 0 spiro atoms. The Labute approximate surface area is 116 Å². The molecule has 0 atom stereocenters. The second kappa shape index (κ2) is 5.21. The molecule has 0 N–H and O–H groups in total. The summed E-state index contributed by atoms with van der Waals surface area (Å²) in [5, 5.41) is 0.912. The number of aromatic nitrogens is 1. The molecule has 98 valence electrons. The van der Waals surface area contributed by atoms with Gasteiger partial charge in [0.25, 0.3) is 0 Å². The molecule has 0 unspecified atom stereocenters. The zero-order valence-corrected chi connectivity index (χ0v) is 10.8. The van der Waals surface area contributed by atoms with Crippen LogP contribution in [0.5, 0.6) is 0 Å². The second-order valence-corrected chi connectivity index (χ2v) is 4.63. The molecular formula is C17H13FNO+. The Kier molecular flexibility index (Phi) is 3.25. The highest BCUT2D eigenvalue weighted by molar-refractivity contribution is 5.95. The third-order valence-electron chi connectivity index (χ3n) is 3.25. The number of pyridine rings is 1. The first kappa shape index (κ1) is 12.5. The van der Waals surface area contributed by atoms with Crippen molar-refractivity contribution in [3.63, 3.8) is 0 Å². The van der Waals surface area contributed by atoms with E-state index in [0.29, 0.717) is 5.56 Å². The summed E-state index contributed by atoms with van der Waals surface area (Å²) in [5.74, 6) is -0.294. The number of rotatable bonds is 3. The van der Waals surface area contributed by atoms with Crippen molar-refractivity contribution >= 4 is 16.7 Å². The van der Waals surface area contributed by atoms with Crippen LogP contribution in [0.25, 0.3) is 10.9 Å². The molecule has 0 saturated carbocycles. The van der Waals surface area contributed by atoms with E-state index in [-0.39, 0.29) is 18.1 Å². The number of halogens is 1. The van der Waals surface area contributed by atoms with E-state index in [1.165, 1.54) is 12.1 Å². The summed E-state index contributed by atoms with van der Waals surface area (Å²) < 4.78 is 15.2.